The molecule has 1 atom stereocenters. The second kappa shape index (κ2) is 13.7. The van der Waals surface area contributed by atoms with Crippen molar-refractivity contribution in [1.82, 2.24) is 30.7 Å². The predicted molar refractivity (Wildman–Crippen MR) is 165 cm³/mol. The van der Waals surface area contributed by atoms with E-state index in [1.165, 1.54) is 33.5 Å². The molecule has 2 aromatic heterocycles. The van der Waals surface area contributed by atoms with Crippen LogP contribution in [-0.4, -0.2) is 50.8 Å². The van der Waals surface area contributed by atoms with E-state index in [0.29, 0.717) is 44.5 Å². The van der Waals surface area contributed by atoms with Gasteiger partial charge in [0, 0.05) is 41.6 Å². The molecule has 0 saturated carbocycles. The Morgan fingerprint density at radius 1 is 1.12 bits per heavy atom. The molecule has 3 N–H and O–H groups in total. The van der Waals surface area contributed by atoms with E-state index in [2.05, 4.69) is 82.3 Å². The number of allylic oxidation sites excluding steroid dienone is 1. The Morgan fingerprint density at radius 3 is 2.55 bits per heavy atom. The van der Waals surface area contributed by atoms with Crippen molar-refractivity contribution in [2.45, 2.75) is 79.3 Å². The van der Waals surface area contributed by atoms with Gasteiger partial charge < -0.3 is 16.0 Å². The molecule has 1 saturated heterocycles. The number of thiophene rings is 1. The number of rotatable bonds is 7. The molecule has 0 bridgehead atoms. The van der Waals surface area contributed by atoms with Gasteiger partial charge in [0.2, 0.25) is 17.7 Å². The highest BCUT2D eigenvalue weighted by atomic mass is 32.1. The number of nitrogens with zero attached hydrogens (tertiary/aromatic N) is 4. The fourth-order valence-electron chi connectivity index (χ4n) is 4.85. The maximum Gasteiger partial charge on any atom is 0.246 e. The van der Waals surface area contributed by atoms with Gasteiger partial charge in [0.15, 0.2) is 5.82 Å². The smallest absolute Gasteiger partial charge is 0.246 e. The van der Waals surface area contributed by atoms with E-state index in [1.807, 2.05) is 6.92 Å². The van der Waals surface area contributed by atoms with Crippen LogP contribution < -0.4 is 16.0 Å². The van der Waals surface area contributed by atoms with Crippen LogP contribution in [0.1, 0.15) is 77.8 Å². The molecule has 10 nitrogen and oxygen atoms in total. The SMILES string of the molecule is C=C1CCC(NC(=O)CCCCNC(C)=O)C(=O)N1.Cc1ccc(C2=NCc3nnc(C)n3-c3sc(C)c(C)c32)cc1. The number of carbonyl (C=O) groups is 3. The summed E-state index contributed by atoms with van der Waals surface area (Å²) in [5.41, 5.74) is 6.70. The second-order valence-electron chi connectivity index (χ2n) is 10.7. The Bertz CT molecular complexity index is 1520. The number of carbonyl (C=O) groups excluding carboxylic acids is 3. The Hall–Kier alpha value is -4.12. The molecule has 1 aromatic carbocycles. The van der Waals surface area contributed by atoms with Crippen molar-refractivity contribution in [3.63, 3.8) is 0 Å². The van der Waals surface area contributed by atoms with Crippen LogP contribution in [0.4, 0.5) is 0 Å². The molecule has 42 heavy (non-hydrogen) atoms. The van der Waals surface area contributed by atoms with Crippen LogP contribution in [0.3, 0.4) is 0 Å². The number of aromatic nitrogens is 3. The Balaban J connectivity index is 0.000000198. The first-order valence-corrected chi connectivity index (χ1v) is 15.0. The molecule has 3 aromatic rings. The highest BCUT2D eigenvalue weighted by molar-refractivity contribution is 7.15. The fraction of sp³-hybridized carbons (Fsp3) is 0.419. The van der Waals surface area contributed by atoms with Gasteiger partial charge in [-0.2, -0.15) is 0 Å². The third-order valence-corrected chi connectivity index (χ3v) is 8.49. The van der Waals surface area contributed by atoms with E-state index in [0.717, 1.165) is 29.3 Å². The Kier molecular flexibility index (Phi) is 10.1. The number of fused-ring (bicyclic) bond motifs is 3. The summed E-state index contributed by atoms with van der Waals surface area (Å²) in [7, 11) is 0. The van der Waals surface area contributed by atoms with Crippen molar-refractivity contribution in [3.05, 3.63) is 75.3 Å². The van der Waals surface area contributed by atoms with Crippen LogP contribution >= 0.6 is 11.3 Å². The van der Waals surface area contributed by atoms with Crippen LogP contribution in [0.25, 0.3) is 5.00 Å². The van der Waals surface area contributed by atoms with Crippen LogP contribution in [0.15, 0.2) is 41.5 Å². The van der Waals surface area contributed by atoms with E-state index in [1.54, 1.807) is 11.3 Å². The minimum atomic E-state index is -0.451. The van der Waals surface area contributed by atoms with Gasteiger partial charge in [-0.25, -0.2) is 0 Å². The topological polar surface area (TPSA) is 130 Å². The van der Waals surface area contributed by atoms with E-state index >= 15 is 0 Å². The first kappa shape index (κ1) is 30.8. The van der Waals surface area contributed by atoms with Crippen molar-refractivity contribution < 1.29 is 14.4 Å². The summed E-state index contributed by atoms with van der Waals surface area (Å²) in [6.45, 7) is 14.7. The molecule has 3 amide bonds. The molecule has 4 heterocycles. The molecule has 2 aliphatic rings. The highest BCUT2D eigenvalue weighted by Crippen LogP contribution is 2.36. The van der Waals surface area contributed by atoms with E-state index < -0.39 is 6.04 Å². The molecule has 2 aliphatic heterocycles. The summed E-state index contributed by atoms with van der Waals surface area (Å²) in [6, 6.07) is 8.14. The highest BCUT2D eigenvalue weighted by Gasteiger charge is 2.27. The minimum Gasteiger partial charge on any atom is -0.356 e. The number of hydrogen-bond donors (Lipinski definition) is 3. The first-order chi connectivity index (χ1) is 20.0. The van der Waals surface area contributed by atoms with Gasteiger partial charge in [-0.1, -0.05) is 36.4 Å². The average molecular weight is 590 g/mol. The lowest BCUT2D eigenvalue weighted by atomic mass is 9.99. The summed E-state index contributed by atoms with van der Waals surface area (Å²) in [5.74, 6) is 1.44. The zero-order valence-corrected chi connectivity index (χ0v) is 25.8. The zero-order chi connectivity index (χ0) is 30.4. The van der Waals surface area contributed by atoms with Crippen molar-refractivity contribution in [2.24, 2.45) is 4.99 Å². The van der Waals surface area contributed by atoms with E-state index in [-0.39, 0.29) is 17.7 Å². The van der Waals surface area contributed by atoms with Gasteiger partial charge in [0.1, 0.15) is 23.4 Å². The van der Waals surface area contributed by atoms with Crippen LogP contribution in [-0.2, 0) is 20.9 Å². The fourth-order valence-corrected chi connectivity index (χ4v) is 6.07. The summed E-state index contributed by atoms with van der Waals surface area (Å²) in [4.78, 5) is 40.0. The number of piperidine rings is 1. The summed E-state index contributed by atoms with van der Waals surface area (Å²) < 4.78 is 2.16. The summed E-state index contributed by atoms with van der Waals surface area (Å²) in [5, 5.41) is 17.7. The van der Waals surface area contributed by atoms with Crippen molar-refractivity contribution in [3.8, 4) is 5.00 Å². The lowest BCUT2D eigenvalue weighted by Crippen LogP contribution is -2.49. The third-order valence-electron chi connectivity index (χ3n) is 7.29. The number of benzene rings is 1. The van der Waals surface area contributed by atoms with Crippen molar-refractivity contribution >= 4 is 34.8 Å². The maximum atomic E-state index is 11.6. The quantitative estimate of drug-likeness (QED) is 0.357. The van der Waals surface area contributed by atoms with Gasteiger partial charge in [0.25, 0.3) is 0 Å². The number of aryl methyl sites for hydroxylation is 3. The van der Waals surface area contributed by atoms with Crippen molar-refractivity contribution in [1.29, 1.82) is 0 Å². The first-order valence-electron chi connectivity index (χ1n) is 14.2. The van der Waals surface area contributed by atoms with Gasteiger partial charge in [-0.15, -0.1) is 21.5 Å². The predicted octanol–water partition coefficient (Wildman–Crippen LogP) is 4.11. The van der Waals surface area contributed by atoms with Crippen LogP contribution in [0, 0.1) is 27.7 Å². The van der Waals surface area contributed by atoms with Gasteiger partial charge in [-0.05, 0) is 58.9 Å². The Labute approximate surface area is 250 Å². The number of nitrogens with one attached hydrogen (secondary N) is 3. The normalized spacial score (nSPS) is 15.7. The molecule has 222 valence electrons. The zero-order valence-electron chi connectivity index (χ0n) is 25.0. The monoisotopic (exact) mass is 589 g/mol. The molecule has 0 radical (unpaired) electrons. The largest absolute Gasteiger partial charge is 0.356 e. The molecule has 1 unspecified atom stereocenters. The molecular formula is C31H39N7O3S. The molecule has 5 rings (SSSR count). The number of hydrogen-bond acceptors (Lipinski definition) is 7. The summed E-state index contributed by atoms with van der Waals surface area (Å²) in [6.07, 6.45) is 3.10. The molecule has 11 heteroatoms. The number of aliphatic imine (C=N–C) groups is 1. The summed E-state index contributed by atoms with van der Waals surface area (Å²) >= 11 is 1.80. The lowest BCUT2D eigenvalue weighted by molar-refractivity contribution is -0.129. The molecule has 0 aliphatic carbocycles. The number of unbranched alkanes of at least 4 members (excludes halogenated alkanes) is 1. The molecule has 1 fully saturated rings. The number of amides is 3. The van der Waals surface area contributed by atoms with Gasteiger partial charge in [-0.3, -0.25) is 23.9 Å². The van der Waals surface area contributed by atoms with Gasteiger partial charge >= 0.3 is 0 Å². The van der Waals surface area contributed by atoms with Gasteiger partial charge in [0.05, 0.1) is 5.71 Å². The second-order valence-corrected chi connectivity index (χ2v) is 11.9. The molecule has 0 spiro atoms. The minimum absolute atomic E-state index is 0.0662. The standard InChI is InChI=1S/C18H18N4S.C13H21N3O3/c1-10-5-7-14(8-6-10)17-16-11(2)12(3)23-18(16)22-13(4)20-21-15(22)9-19-17;1-9-6-7-11(13(19)15-9)16-12(18)5-3-4-8-14-10(2)17/h5-8H,9H2,1-4H3;11H,1,3-8H2,2H3,(H,14,17)(H,15,19)(H,16,18). The van der Waals surface area contributed by atoms with Crippen LogP contribution in [0.5, 0.6) is 0 Å². The maximum absolute atomic E-state index is 11.6. The van der Waals surface area contributed by atoms with Crippen molar-refractivity contribution in [2.75, 3.05) is 6.54 Å². The third kappa shape index (κ3) is 7.39. The average Bonchev–Trinajstić information content (AvgIpc) is 3.39. The van der Waals surface area contributed by atoms with E-state index in [9.17, 15) is 14.4 Å². The van der Waals surface area contributed by atoms with Crippen LogP contribution in [0.2, 0.25) is 0 Å². The molecular weight excluding hydrogens is 550 g/mol. The lowest BCUT2D eigenvalue weighted by Gasteiger charge is -2.24. The van der Waals surface area contributed by atoms with E-state index in [4.69, 9.17) is 4.99 Å². The Morgan fingerprint density at radius 2 is 1.86 bits per heavy atom.